The predicted octanol–water partition coefficient (Wildman–Crippen LogP) is 3.80. The zero-order valence-electron chi connectivity index (χ0n) is 13.5. The first kappa shape index (κ1) is 17.1. The second-order valence-electron chi connectivity index (χ2n) is 5.58. The molecule has 0 heterocycles. The number of benzene rings is 2. The van der Waals surface area contributed by atoms with E-state index in [2.05, 4.69) is 17.2 Å². The van der Waals surface area contributed by atoms with Gasteiger partial charge in [0.05, 0.1) is 19.3 Å². The molecule has 0 amide bonds. The van der Waals surface area contributed by atoms with E-state index in [1.165, 1.54) is 0 Å². The van der Waals surface area contributed by atoms with Crippen LogP contribution in [-0.4, -0.2) is 31.0 Å². The summed E-state index contributed by atoms with van der Waals surface area (Å²) >= 11 is 0. The van der Waals surface area contributed by atoms with Crippen molar-refractivity contribution in [3.63, 3.8) is 0 Å². The van der Waals surface area contributed by atoms with Gasteiger partial charge in [0.1, 0.15) is 0 Å². The van der Waals surface area contributed by atoms with Crippen LogP contribution in [0.4, 0.5) is 17.1 Å². The van der Waals surface area contributed by atoms with E-state index in [-0.39, 0.29) is 0 Å². The van der Waals surface area contributed by atoms with Crippen molar-refractivity contribution in [1.82, 2.24) is 0 Å². The maximum Gasteiger partial charge on any atom is 0.0945 e. The molecule has 3 N–H and O–H groups in total. The van der Waals surface area contributed by atoms with Gasteiger partial charge in [0.25, 0.3) is 0 Å². The van der Waals surface area contributed by atoms with Gasteiger partial charge in [-0.05, 0) is 43.3 Å². The number of anilines is 3. The van der Waals surface area contributed by atoms with Crippen LogP contribution in [0.1, 0.15) is 6.92 Å². The van der Waals surface area contributed by atoms with Gasteiger partial charge in [0, 0.05) is 23.6 Å². The van der Waals surface area contributed by atoms with Crippen molar-refractivity contribution in [2.75, 3.05) is 30.4 Å². The molecule has 1 unspecified atom stereocenters. The summed E-state index contributed by atoms with van der Waals surface area (Å²) < 4.78 is 5.33. The van der Waals surface area contributed by atoms with Gasteiger partial charge in [0.2, 0.25) is 0 Å². The molecule has 23 heavy (non-hydrogen) atoms. The van der Waals surface area contributed by atoms with Crippen molar-refractivity contribution in [3.05, 3.63) is 66.7 Å². The Morgan fingerprint density at radius 2 is 1.65 bits per heavy atom. The van der Waals surface area contributed by atoms with Gasteiger partial charge in [-0.1, -0.05) is 30.4 Å². The molecule has 0 spiro atoms. The normalized spacial score (nSPS) is 11.7. The van der Waals surface area contributed by atoms with E-state index in [9.17, 15) is 5.11 Å². The van der Waals surface area contributed by atoms with Crippen molar-refractivity contribution < 1.29 is 9.84 Å². The molecule has 2 aromatic carbocycles. The maximum absolute atomic E-state index is 9.84. The molecule has 2 aromatic rings. The van der Waals surface area contributed by atoms with E-state index >= 15 is 0 Å². The average molecular weight is 312 g/mol. The largest absolute Gasteiger partial charge is 0.389 e. The highest BCUT2D eigenvalue weighted by Gasteiger charge is 2.04. The molecule has 0 aliphatic heterocycles. The summed E-state index contributed by atoms with van der Waals surface area (Å²) in [6, 6.07) is 18.0. The lowest BCUT2D eigenvalue weighted by molar-refractivity contribution is 0.0539. The van der Waals surface area contributed by atoms with Crippen LogP contribution in [0.2, 0.25) is 0 Å². The minimum atomic E-state index is -0.545. The first-order chi connectivity index (χ1) is 11.1. The first-order valence-corrected chi connectivity index (χ1v) is 7.69. The van der Waals surface area contributed by atoms with Crippen LogP contribution in [0.3, 0.4) is 0 Å². The van der Waals surface area contributed by atoms with Gasteiger partial charge < -0.3 is 20.5 Å². The fourth-order valence-corrected chi connectivity index (χ4v) is 2.02. The quantitative estimate of drug-likeness (QED) is 0.617. The Kier molecular flexibility index (Phi) is 6.66. The fourth-order valence-electron chi connectivity index (χ4n) is 2.02. The van der Waals surface area contributed by atoms with Crippen LogP contribution in [0, 0.1) is 0 Å². The number of aliphatic hydroxyl groups is 1. The zero-order valence-corrected chi connectivity index (χ0v) is 13.5. The molecule has 1 atom stereocenters. The Morgan fingerprint density at radius 3 is 2.30 bits per heavy atom. The third-order valence-corrected chi connectivity index (χ3v) is 3.15. The minimum Gasteiger partial charge on any atom is -0.389 e. The number of aliphatic hydroxyl groups excluding tert-OH is 1. The average Bonchev–Trinajstić information content (AvgIpc) is 2.55. The number of rotatable bonds is 9. The summed E-state index contributed by atoms with van der Waals surface area (Å²) in [5, 5.41) is 16.4. The van der Waals surface area contributed by atoms with Gasteiger partial charge >= 0.3 is 0 Å². The van der Waals surface area contributed by atoms with Crippen LogP contribution in [0.5, 0.6) is 0 Å². The molecule has 4 heteroatoms. The van der Waals surface area contributed by atoms with Gasteiger partial charge in [-0.25, -0.2) is 0 Å². The van der Waals surface area contributed by atoms with Crippen molar-refractivity contribution >= 4 is 17.1 Å². The molecule has 0 fully saturated rings. The summed E-state index contributed by atoms with van der Waals surface area (Å²) in [7, 11) is 0. The molecule has 0 aromatic heterocycles. The van der Waals surface area contributed by atoms with Crippen LogP contribution in [0.15, 0.2) is 66.7 Å². The van der Waals surface area contributed by atoms with Gasteiger partial charge in [0.15, 0.2) is 0 Å². The molecule has 0 bridgehead atoms. The van der Waals surface area contributed by atoms with E-state index in [1.807, 2.05) is 61.5 Å². The number of para-hydroxylation sites is 1. The molecule has 2 rings (SSSR count). The van der Waals surface area contributed by atoms with Gasteiger partial charge in [-0.2, -0.15) is 0 Å². The zero-order chi connectivity index (χ0) is 16.5. The number of nitrogens with one attached hydrogen (secondary N) is 2. The third-order valence-electron chi connectivity index (χ3n) is 3.15. The molecule has 0 aliphatic rings. The van der Waals surface area contributed by atoms with E-state index < -0.39 is 6.10 Å². The number of hydrogen-bond acceptors (Lipinski definition) is 4. The van der Waals surface area contributed by atoms with E-state index in [0.29, 0.717) is 19.8 Å². The monoisotopic (exact) mass is 312 g/mol. The van der Waals surface area contributed by atoms with E-state index in [0.717, 1.165) is 22.6 Å². The highest BCUT2D eigenvalue weighted by molar-refractivity contribution is 5.62. The first-order valence-electron chi connectivity index (χ1n) is 7.69. The summed E-state index contributed by atoms with van der Waals surface area (Å²) in [6.45, 7) is 6.88. The summed E-state index contributed by atoms with van der Waals surface area (Å²) in [5.41, 5.74) is 3.99. The van der Waals surface area contributed by atoms with Crippen molar-refractivity contribution in [2.45, 2.75) is 13.0 Å². The molecule has 4 nitrogen and oxygen atoms in total. The molecular weight excluding hydrogens is 288 g/mol. The fraction of sp³-hybridized carbons (Fsp3) is 0.263. The highest BCUT2D eigenvalue weighted by Crippen LogP contribution is 2.18. The summed E-state index contributed by atoms with van der Waals surface area (Å²) in [5.74, 6) is 0. The van der Waals surface area contributed by atoms with E-state index in [4.69, 9.17) is 4.74 Å². The van der Waals surface area contributed by atoms with Crippen LogP contribution >= 0.6 is 0 Å². The second-order valence-corrected chi connectivity index (χ2v) is 5.58. The summed E-state index contributed by atoms with van der Waals surface area (Å²) in [6.07, 6.45) is -0.545. The maximum atomic E-state index is 9.84. The Labute approximate surface area is 137 Å². The summed E-state index contributed by atoms with van der Waals surface area (Å²) in [4.78, 5) is 0. The third kappa shape index (κ3) is 6.55. The molecule has 0 saturated carbocycles. The lowest BCUT2D eigenvalue weighted by Crippen LogP contribution is -2.25. The van der Waals surface area contributed by atoms with Crippen molar-refractivity contribution in [2.24, 2.45) is 0 Å². The van der Waals surface area contributed by atoms with Gasteiger partial charge in [-0.3, -0.25) is 0 Å². The SMILES string of the molecule is C=C(C)COCC(O)CNc1ccc(Nc2ccccc2)cc1. The molecule has 0 saturated heterocycles. The Balaban J connectivity index is 1.75. The van der Waals surface area contributed by atoms with Gasteiger partial charge in [-0.15, -0.1) is 0 Å². The molecular formula is C19H24N2O2. The Morgan fingerprint density at radius 1 is 1.04 bits per heavy atom. The smallest absolute Gasteiger partial charge is 0.0945 e. The van der Waals surface area contributed by atoms with Crippen LogP contribution in [0.25, 0.3) is 0 Å². The Bertz CT molecular complexity index is 597. The van der Waals surface area contributed by atoms with E-state index in [1.54, 1.807) is 0 Å². The predicted molar refractivity (Wildman–Crippen MR) is 96.3 cm³/mol. The lowest BCUT2D eigenvalue weighted by atomic mass is 10.2. The molecule has 0 radical (unpaired) electrons. The Hall–Kier alpha value is -2.30. The van der Waals surface area contributed by atoms with Crippen LogP contribution < -0.4 is 10.6 Å². The van der Waals surface area contributed by atoms with Crippen molar-refractivity contribution in [1.29, 1.82) is 0 Å². The molecule has 0 aliphatic carbocycles. The number of hydrogen-bond donors (Lipinski definition) is 3. The lowest BCUT2D eigenvalue weighted by Gasteiger charge is -2.14. The standard InChI is InChI=1S/C19H24N2O2/c1-15(2)13-23-14-19(22)12-20-16-8-10-18(11-9-16)21-17-6-4-3-5-7-17/h3-11,19-22H,1,12-14H2,2H3. The topological polar surface area (TPSA) is 53.5 Å². The van der Waals surface area contributed by atoms with Crippen LogP contribution in [-0.2, 0) is 4.74 Å². The minimum absolute atomic E-state index is 0.299. The second kappa shape index (κ2) is 8.98. The highest BCUT2D eigenvalue weighted by atomic mass is 16.5. The van der Waals surface area contributed by atoms with Crippen molar-refractivity contribution in [3.8, 4) is 0 Å². The number of ether oxygens (including phenoxy) is 1. The molecule has 122 valence electrons.